The van der Waals surface area contributed by atoms with Gasteiger partial charge in [-0.15, -0.1) is 0 Å². The number of halogens is 2. The molecule has 14 heavy (non-hydrogen) atoms. The molecular weight excluding hydrogens is 202 g/mol. The number of aliphatic hydroxyl groups is 3. The van der Waals surface area contributed by atoms with Gasteiger partial charge in [0.15, 0.2) is 0 Å². The second-order valence-electron chi connectivity index (χ2n) is 1.88. The van der Waals surface area contributed by atoms with Gasteiger partial charge in [0.1, 0.15) is 6.10 Å². The predicted molar refractivity (Wildman–Crippen MR) is 44.8 cm³/mol. The molecule has 0 aromatic heterocycles. The molecule has 0 unspecified atom stereocenters. The van der Waals surface area contributed by atoms with Crippen molar-refractivity contribution in [2.75, 3.05) is 13.2 Å². The summed E-state index contributed by atoms with van der Waals surface area (Å²) in [5.41, 5.74) is 0. The van der Waals surface area contributed by atoms with Crippen molar-refractivity contribution < 1.29 is 34.0 Å². The first-order valence-electron chi connectivity index (χ1n) is 3.37. The second kappa shape index (κ2) is 14.5. The smallest absolute Gasteiger partial charge is 0.300 e. The van der Waals surface area contributed by atoms with Gasteiger partial charge in [-0.25, -0.2) is 0 Å². The van der Waals surface area contributed by atoms with E-state index in [0.29, 0.717) is 0 Å². The highest BCUT2D eigenvalue weighted by Crippen LogP contribution is 1.85. The summed E-state index contributed by atoms with van der Waals surface area (Å²) in [6.45, 7) is 2.58. The molecule has 0 fully saturated rings. The fourth-order valence-electron chi connectivity index (χ4n) is 0.0577. The first kappa shape index (κ1) is 18.7. The van der Waals surface area contributed by atoms with E-state index in [4.69, 9.17) is 25.2 Å². The number of carboxylic acids is 1. The quantitative estimate of drug-likeness (QED) is 0.513. The molecule has 0 aromatic carbocycles. The zero-order valence-corrected chi connectivity index (χ0v) is 7.65. The van der Waals surface area contributed by atoms with Gasteiger partial charge in [-0.3, -0.25) is 4.79 Å². The van der Waals surface area contributed by atoms with E-state index in [-0.39, 0.29) is 13.2 Å². The lowest BCUT2D eigenvalue weighted by molar-refractivity contribution is -0.134. The Morgan fingerprint density at radius 3 is 1.50 bits per heavy atom. The van der Waals surface area contributed by atoms with Gasteiger partial charge < -0.3 is 20.4 Å². The maximum absolute atomic E-state index is 10.1. The fraction of sp³-hybridized carbons (Fsp3) is 0.571. The van der Waals surface area contributed by atoms with Crippen LogP contribution in [-0.2, 0) is 4.79 Å². The molecule has 0 spiro atoms. The molecule has 0 aliphatic rings. The first-order chi connectivity index (χ1) is 6.27. The molecular formula is C7H14F2O5. The van der Waals surface area contributed by atoms with Crippen LogP contribution in [-0.4, -0.2) is 45.7 Å². The van der Waals surface area contributed by atoms with Gasteiger partial charge in [-0.05, 0) is 6.58 Å². The molecule has 0 saturated heterocycles. The van der Waals surface area contributed by atoms with Crippen molar-refractivity contribution in [2.45, 2.75) is 13.0 Å². The maximum atomic E-state index is 10.1. The summed E-state index contributed by atoms with van der Waals surface area (Å²) in [5, 5.41) is 31.4. The fourth-order valence-corrected chi connectivity index (χ4v) is 0.0577. The summed E-state index contributed by atoms with van der Waals surface area (Å²) >= 11 is 0. The van der Waals surface area contributed by atoms with E-state index in [1.165, 1.54) is 0 Å². The molecule has 86 valence electrons. The molecule has 0 amide bonds. The molecule has 0 radical (unpaired) electrons. The van der Waals surface area contributed by atoms with Crippen LogP contribution in [0.2, 0.25) is 0 Å². The van der Waals surface area contributed by atoms with Gasteiger partial charge in [-0.2, -0.15) is 8.78 Å². The van der Waals surface area contributed by atoms with Gasteiger partial charge in [0.05, 0.1) is 13.2 Å². The van der Waals surface area contributed by atoms with Crippen LogP contribution >= 0.6 is 0 Å². The van der Waals surface area contributed by atoms with Gasteiger partial charge in [0, 0.05) is 6.92 Å². The van der Waals surface area contributed by atoms with Crippen molar-refractivity contribution in [3.05, 3.63) is 12.7 Å². The monoisotopic (exact) mass is 216 g/mol. The van der Waals surface area contributed by atoms with Gasteiger partial charge in [0.2, 0.25) is 0 Å². The third-order valence-electron chi connectivity index (χ3n) is 0.421. The number of aliphatic carboxylic acids is 1. The third-order valence-corrected chi connectivity index (χ3v) is 0.421. The summed E-state index contributed by atoms with van der Waals surface area (Å²) in [6, 6.07) is 0. The van der Waals surface area contributed by atoms with Crippen molar-refractivity contribution in [1.29, 1.82) is 0 Å². The second-order valence-corrected chi connectivity index (χ2v) is 1.88. The van der Waals surface area contributed by atoms with Gasteiger partial charge >= 0.3 is 0 Å². The Labute approximate surface area is 79.9 Å². The van der Waals surface area contributed by atoms with Crippen LogP contribution in [0.1, 0.15) is 6.92 Å². The van der Waals surface area contributed by atoms with Crippen LogP contribution < -0.4 is 0 Å². The van der Waals surface area contributed by atoms with Crippen LogP contribution in [0.3, 0.4) is 0 Å². The molecule has 4 N–H and O–H groups in total. The Kier molecular flexibility index (Phi) is 19.3. The van der Waals surface area contributed by atoms with E-state index < -0.39 is 18.2 Å². The standard InChI is InChI=1S/C3H8O3.C2H2F2.C2H4O2/c4-1-3(6)2-5;2*1-2(3)4/h3-6H,1-2H2;1H2;1H3,(H,3,4). The van der Waals surface area contributed by atoms with Crippen LogP contribution in [0.15, 0.2) is 12.7 Å². The largest absolute Gasteiger partial charge is 0.481 e. The van der Waals surface area contributed by atoms with E-state index in [1.807, 2.05) is 0 Å². The summed E-state index contributed by atoms with van der Waals surface area (Å²) in [5.74, 6) is -0.833. The van der Waals surface area contributed by atoms with E-state index >= 15 is 0 Å². The number of aliphatic hydroxyl groups excluding tert-OH is 3. The highest BCUT2D eigenvalue weighted by Gasteiger charge is 1.93. The van der Waals surface area contributed by atoms with E-state index in [9.17, 15) is 8.78 Å². The van der Waals surface area contributed by atoms with Gasteiger partial charge in [0.25, 0.3) is 12.0 Å². The Balaban J connectivity index is -0.000000135. The van der Waals surface area contributed by atoms with Crippen LogP contribution in [0.5, 0.6) is 0 Å². The molecule has 0 saturated carbocycles. The highest BCUT2D eigenvalue weighted by molar-refractivity contribution is 5.62. The Bertz CT molecular complexity index is 127. The van der Waals surface area contributed by atoms with Crippen molar-refractivity contribution in [3.8, 4) is 0 Å². The Morgan fingerprint density at radius 2 is 1.50 bits per heavy atom. The van der Waals surface area contributed by atoms with Gasteiger partial charge in [-0.1, -0.05) is 0 Å². The molecule has 0 rings (SSSR count). The molecule has 0 aliphatic carbocycles. The highest BCUT2D eigenvalue weighted by atomic mass is 19.3. The van der Waals surface area contributed by atoms with Crippen molar-refractivity contribution in [3.63, 3.8) is 0 Å². The average molecular weight is 216 g/mol. The third kappa shape index (κ3) is 125. The number of hydrogen-bond donors (Lipinski definition) is 4. The lowest BCUT2D eigenvalue weighted by Gasteiger charge is -1.96. The lowest BCUT2D eigenvalue weighted by atomic mass is 10.4. The number of carboxylic acid groups (broad SMARTS) is 1. The van der Waals surface area contributed by atoms with E-state index in [1.54, 1.807) is 0 Å². The van der Waals surface area contributed by atoms with E-state index in [0.717, 1.165) is 6.92 Å². The molecule has 0 aliphatic heterocycles. The van der Waals surface area contributed by atoms with Crippen molar-refractivity contribution >= 4 is 5.97 Å². The molecule has 0 aromatic rings. The number of hydrogen-bond acceptors (Lipinski definition) is 4. The summed E-state index contributed by atoms with van der Waals surface area (Å²) in [7, 11) is 0. The SMILES string of the molecule is C=C(F)F.CC(=O)O.OCC(O)CO. The molecule has 5 nitrogen and oxygen atoms in total. The molecule has 7 heteroatoms. The normalized spacial score (nSPS) is 7.93. The molecule has 0 atom stereocenters. The Morgan fingerprint density at radius 1 is 1.36 bits per heavy atom. The minimum Gasteiger partial charge on any atom is -0.481 e. The zero-order chi connectivity index (χ0) is 12.1. The lowest BCUT2D eigenvalue weighted by Crippen LogP contribution is -2.15. The summed E-state index contributed by atoms with van der Waals surface area (Å²) < 4.78 is 20.3. The van der Waals surface area contributed by atoms with Crippen molar-refractivity contribution in [1.82, 2.24) is 0 Å². The molecule has 0 heterocycles. The minimum absolute atomic E-state index is 0.365. The van der Waals surface area contributed by atoms with Crippen molar-refractivity contribution in [2.24, 2.45) is 0 Å². The molecule has 0 bridgehead atoms. The van der Waals surface area contributed by atoms with Crippen LogP contribution in [0.25, 0.3) is 0 Å². The average Bonchev–Trinajstić information content (AvgIpc) is 2.01. The summed E-state index contributed by atoms with van der Waals surface area (Å²) in [4.78, 5) is 9.00. The number of carbonyl (C=O) groups is 1. The zero-order valence-electron chi connectivity index (χ0n) is 7.65. The Hall–Kier alpha value is -1.05. The predicted octanol–water partition coefficient (Wildman–Crippen LogP) is -0.181. The number of rotatable bonds is 2. The van der Waals surface area contributed by atoms with Crippen LogP contribution in [0, 0.1) is 0 Å². The first-order valence-corrected chi connectivity index (χ1v) is 3.37. The topological polar surface area (TPSA) is 98.0 Å². The minimum atomic E-state index is -1.83. The van der Waals surface area contributed by atoms with E-state index in [2.05, 4.69) is 6.58 Å². The summed E-state index contributed by atoms with van der Waals surface area (Å²) in [6.07, 6.45) is -2.79. The van der Waals surface area contributed by atoms with Crippen LogP contribution in [0.4, 0.5) is 8.78 Å². The maximum Gasteiger partial charge on any atom is 0.300 e.